The van der Waals surface area contributed by atoms with Crippen molar-refractivity contribution in [3.63, 3.8) is 0 Å². The van der Waals surface area contributed by atoms with Crippen LogP contribution < -0.4 is 10.9 Å². The van der Waals surface area contributed by atoms with Crippen LogP contribution in [0.2, 0.25) is 0 Å². The number of aromatic amines is 1. The van der Waals surface area contributed by atoms with E-state index in [1.807, 2.05) is 26.0 Å². The fourth-order valence-corrected chi connectivity index (χ4v) is 5.93. The SMILES string of the molecule is CO[C@@H]1[C@H](O)[C@@H](COP(=O)(OC(C)(C)CC#N)OC(C)(C)CC#N)O[C@H]1n1cnc2c(=O)[nH]c(NCC(C)C)nc21. The predicted octanol–water partition coefficient (Wildman–Crippen LogP) is 3.00. The molecule has 2 aromatic rings. The lowest BCUT2D eigenvalue weighted by Crippen LogP contribution is -2.36. The number of nitrogens with zero attached hydrogens (tertiary/aromatic N) is 5. The molecule has 0 aromatic carbocycles. The number of aliphatic hydroxyl groups excluding tert-OH is 1. The number of rotatable bonds is 14. The molecule has 0 unspecified atom stereocenters. The molecule has 16 heteroatoms. The minimum atomic E-state index is -4.40. The van der Waals surface area contributed by atoms with E-state index in [0.717, 1.165) is 0 Å². The van der Waals surface area contributed by atoms with Gasteiger partial charge in [0.1, 0.15) is 18.3 Å². The van der Waals surface area contributed by atoms with E-state index in [9.17, 15) is 14.5 Å². The van der Waals surface area contributed by atoms with E-state index in [-0.39, 0.29) is 30.0 Å². The number of phosphoric acid groups is 1. The van der Waals surface area contributed by atoms with E-state index in [0.29, 0.717) is 12.5 Å². The van der Waals surface area contributed by atoms with Crippen LogP contribution in [0.1, 0.15) is 60.6 Å². The Morgan fingerprint density at radius 2 is 1.83 bits per heavy atom. The molecule has 0 saturated carbocycles. The van der Waals surface area contributed by atoms with Gasteiger partial charge in [-0.2, -0.15) is 15.5 Å². The number of fused-ring (bicyclic) bond motifs is 1. The van der Waals surface area contributed by atoms with Gasteiger partial charge in [-0.05, 0) is 33.6 Å². The van der Waals surface area contributed by atoms with Crippen LogP contribution in [0, 0.1) is 28.6 Å². The zero-order valence-corrected chi connectivity index (χ0v) is 25.2. The molecule has 3 heterocycles. The molecule has 0 aliphatic carbocycles. The summed E-state index contributed by atoms with van der Waals surface area (Å²) in [5.74, 6) is 0.549. The van der Waals surface area contributed by atoms with Gasteiger partial charge >= 0.3 is 7.82 Å². The molecular weight excluding hydrogens is 557 g/mol. The molecule has 1 aliphatic heterocycles. The van der Waals surface area contributed by atoms with E-state index in [4.69, 9.17) is 33.6 Å². The number of nitriles is 2. The summed E-state index contributed by atoms with van der Waals surface area (Å²) < 4.78 is 43.8. The zero-order valence-electron chi connectivity index (χ0n) is 24.3. The summed E-state index contributed by atoms with van der Waals surface area (Å²) in [7, 11) is -3.01. The van der Waals surface area contributed by atoms with Gasteiger partial charge in [0.25, 0.3) is 5.56 Å². The number of H-pyrrole nitrogens is 1. The number of hydrogen-bond donors (Lipinski definition) is 3. The van der Waals surface area contributed by atoms with Crippen molar-refractivity contribution in [2.75, 3.05) is 25.6 Å². The molecule has 0 spiro atoms. The van der Waals surface area contributed by atoms with E-state index >= 15 is 0 Å². The summed E-state index contributed by atoms with van der Waals surface area (Å²) in [5, 5.41) is 32.4. The van der Waals surface area contributed by atoms with Crippen molar-refractivity contribution >= 4 is 24.9 Å². The smallest absolute Gasteiger partial charge is 0.387 e. The van der Waals surface area contributed by atoms with Crippen LogP contribution in [0.4, 0.5) is 5.95 Å². The number of anilines is 1. The van der Waals surface area contributed by atoms with Gasteiger partial charge < -0.3 is 19.9 Å². The highest BCUT2D eigenvalue weighted by Crippen LogP contribution is 2.56. The summed E-state index contributed by atoms with van der Waals surface area (Å²) in [6.45, 7) is 10.3. The molecule has 3 rings (SSSR count). The molecule has 15 nitrogen and oxygen atoms in total. The van der Waals surface area contributed by atoms with Gasteiger partial charge in [0.15, 0.2) is 17.4 Å². The molecule has 0 bridgehead atoms. The first-order valence-corrected chi connectivity index (χ1v) is 14.6. The van der Waals surface area contributed by atoms with E-state index in [1.165, 1.54) is 18.0 Å². The summed E-state index contributed by atoms with van der Waals surface area (Å²) >= 11 is 0. The number of aliphatic hydroxyl groups is 1. The normalized spacial score (nSPS) is 21.7. The van der Waals surface area contributed by atoms with Gasteiger partial charge in [-0.25, -0.2) is 9.55 Å². The van der Waals surface area contributed by atoms with Crippen molar-refractivity contribution in [1.82, 2.24) is 19.5 Å². The number of methoxy groups -OCH3 is 1. The minimum Gasteiger partial charge on any atom is -0.387 e. The van der Waals surface area contributed by atoms with E-state index in [2.05, 4.69) is 20.3 Å². The Balaban J connectivity index is 1.87. The second-order valence-corrected chi connectivity index (χ2v) is 12.9. The monoisotopic (exact) mass is 595 g/mol. The maximum absolute atomic E-state index is 13.8. The molecule has 0 radical (unpaired) electrons. The first kappa shape index (κ1) is 32.6. The van der Waals surface area contributed by atoms with Crippen molar-refractivity contribution in [3.05, 3.63) is 16.7 Å². The molecule has 0 amide bonds. The molecule has 2 aromatic heterocycles. The van der Waals surface area contributed by atoms with Crippen molar-refractivity contribution in [2.45, 2.75) is 90.1 Å². The molecule has 41 heavy (non-hydrogen) atoms. The van der Waals surface area contributed by atoms with E-state index in [1.54, 1.807) is 27.7 Å². The molecule has 226 valence electrons. The number of nitrogens with one attached hydrogen (secondary N) is 2. The number of hydrogen-bond acceptors (Lipinski definition) is 13. The van der Waals surface area contributed by atoms with Crippen molar-refractivity contribution in [3.8, 4) is 12.1 Å². The van der Waals surface area contributed by atoms with Crippen LogP contribution in [0.25, 0.3) is 11.2 Å². The van der Waals surface area contributed by atoms with Crippen LogP contribution in [-0.2, 0) is 27.6 Å². The standard InChI is InChI=1S/C25H38N7O8P/c1-15(2)12-28-23-30-20-17(21(34)31-23)29-14-32(20)22-19(36-7)18(33)16(38-22)13-37-41(35,39-24(3,4)8-10-26)40-25(5,6)9-11-27/h14-16,18-19,22,33H,8-9,12-13H2,1-7H3,(H2,28,30,31,34)/t16-,18-,19-,22-/m1/s1. The van der Waals surface area contributed by atoms with Gasteiger partial charge in [0.05, 0.1) is 49.1 Å². The van der Waals surface area contributed by atoms with Gasteiger partial charge in [0, 0.05) is 13.7 Å². The lowest BCUT2D eigenvalue weighted by molar-refractivity contribution is -0.0663. The highest BCUT2D eigenvalue weighted by atomic mass is 31.2. The number of ether oxygens (including phenoxy) is 2. The Hall–Kier alpha value is -2.88. The fourth-order valence-electron chi connectivity index (χ4n) is 4.12. The fraction of sp³-hybridized carbons (Fsp3) is 0.720. The van der Waals surface area contributed by atoms with Crippen molar-refractivity contribution in [2.24, 2.45) is 5.92 Å². The third-order valence-electron chi connectivity index (χ3n) is 6.09. The summed E-state index contributed by atoms with van der Waals surface area (Å²) in [4.78, 5) is 23.9. The zero-order chi connectivity index (χ0) is 30.6. The molecule has 4 atom stereocenters. The third kappa shape index (κ3) is 8.11. The Bertz CT molecular complexity index is 1360. The summed E-state index contributed by atoms with van der Waals surface area (Å²) in [6.07, 6.45) is -3.15. The summed E-state index contributed by atoms with van der Waals surface area (Å²) in [6, 6.07) is 3.92. The minimum absolute atomic E-state index is 0.0680. The number of imidazole rings is 1. The molecule has 3 N–H and O–H groups in total. The topological polar surface area (TPSA) is 207 Å². The Morgan fingerprint density at radius 3 is 2.37 bits per heavy atom. The maximum atomic E-state index is 13.8. The second kappa shape index (κ2) is 13.0. The second-order valence-electron chi connectivity index (χ2n) is 11.4. The highest BCUT2D eigenvalue weighted by molar-refractivity contribution is 7.48. The quantitative estimate of drug-likeness (QED) is 0.269. The van der Waals surface area contributed by atoms with E-state index < -0.39 is 55.7 Å². The molecule has 1 saturated heterocycles. The molecule has 1 aliphatic rings. The Kier molecular flexibility index (Phi) is 10.3. The highest BCUT2D eigenvalue weighted by Gasteiger charge is 2.48. The Labute approximate surface area is 238 Å². The average Bonchev–Trinajstić information content (AvgIpc) is 3.41. The van der Waals surface area contributed by atoms with Crippen molar-refractivity contribution in [1.29, 1.82) is 10.5 Å². The number of phosphoric ester groups is 1. The predicted molar refractivity (Wildman–Crippen MR) is 147 cm³/mol. The van der Waals surface area contributed by atoms with Crippen LogP contribution in [0.15, 0.2) is 11.1 Å². The van der Waals surface area contributed by atoms with Crippen LogP contribution in [-0.4, -0.2) is 74.4 Å². The maximum Gasteiger partial charge on any atom is 0.475 e. The number of aromatic nitrogens is 4. The van der Waals surface area contributed by atoms with Crippen LogP contribution in [0.5, 0.6) is 0 Å². The van der Waals surface area contributed by atoms with Crippen LogP contribution >= 0.6 is 7.82 Å². The first-order valence-electron chi connectivity index (χ1n) is 13.1. The average molecular weight is 596 g/mol. The van der Waals surface area contributed by atoms with Crippen LogP contribution in [0.3, 0.4) is 0 Å². The molecule has 1 fully saturated rings. The lowest BCUT2D eigenvalue weighted by Gasteiger charge is -2.33. The third-order valence-corrected chi connectivity index (χ3v) is 7.99. The van der Waals surface area contributed by atoms with Gasteiger partial charge in [0.2, 0.25) is 5.95 Å². The lowest BCUT2D eigenvalue weighted by atomic mass is 10.1. The van der Waals surface area contributed by atoms with Gasteiger partial charge in [-0.15, -0.1) is 0 Å². The Morgan fingerprint density at radius 1 is 1.22 bits per heavy atom. The van der Waals surface area contributed by atoms with Crippen molar-refractivity contribution < 1.29 is 32.7 Å². The summed E-state index contributed by atoms with van der Waals surface area (Å²) in [5.41, 5.74) is -2.61. The van der Waals surface area contributed by atoms with Gasteiger partial charge in [-0.3, -0.25) is 27.9 Å². The van der Waals surface area contributed by atoms with Gasteiger partial charge in [-0.1, -0.05) is 13.8 Å². The largest absolute Gasteiger partial charge is 0.475 e. The first-order chi connectivity index (χ1) is 19.1. The molecular formula is C25H38N7O8P.